The Morgan fingerprint density at radius 3 is 2.86 bits per heavy atom. The van der Waals surface area contributed by atoms with E-state index in [0.717, 1.165) is 22.9 Å². The first kappa shape index (κ1) is 12.9. The van der Waals surface area contributed by atoms with E-state index in [1.54, 1.807) is 12.1 Å². The first-order valence-electron chi connectivity index (χ1n) is 6.97. The van der Waals surface area contributed by atoms with E-state index in [4.69, 9.17) is 0 Å². The maximum atomic E-state index is 14.2. The minimum atomic E-state index is -0.287. The molecule has 107 valence electrons. The molecule has 4 rings (SSSR count). The van der Waals surface area contributed by atoms with Crippen LogP contribution in [0.4, 0.5) is 4.39 Å². The van der Waals surface area contributed by atoms with E-state index < -0.39 is 0 Å². The molecule has 0 N–H and O–H groups in total. The Morgan fingerprint density at radius 2 is 2.00 bits per heavy atom. The molecule has 4 nitrogen and oxygen atoms in total. The lowest BCUT2D eigenvalue weighted by molar-refractivity contribution is 0.625. The van der Waals surface area contributed by atoms with Gasteiger partial charge < -0.3 is 0 Å². The quantitative estimate of drug-likeness (QED) is 0.692. The van der Waals surface area contributed by atoms with Crippen LogP contribution in [0.2, 0.25) is 0 Å². The highest BCUT2D eigenvalue weighted by atomic mass is 19.1. The highest BCUT2D eigenvalue weighted by Gasteiger charge is 2.22. The van der Waals surface area contributed by atoms with Crippen LogP contribution in [-0.2, 0) is 6.54 Å². The second kappa shape index (κ2) is 4.87. The SMILES string of the molecule is Cc1nnc2n1-c1cc[c]cc1C(c1ccccc1F)=NC2. The second-order valence-corrected chi connectivity index (χ2v) is 5.09. The zero-order chi connectivity index (χ0) is 15.1. The van der Waals surface area contributed by atoms with E-state index in [1.807, 2.05) is 35.8 Å². The van der Waals surface area contributed by atoms with Gasteiger partial charge >= 0.3 is 0 Å². The standard InChI is InChI=1S/C17H12FN4/c1-11-20-21-16-10-19-17(12-6-2-4-8-14(12)18)13-7-3-5-9-15(13)22(11)16/h2,4-9H,10H2,1H3. The Hall–Kier alpha value is -2.82. The number of aromatic nitrogens is 3. The number of halogens is 1. The number of hydrogen-bond acceptors (Lipinski definition) is 3. The third kappa shape index (κ3) is 1.86. The summed E-state index contributed by atoms with van der Waals surface area (Å²) in [6, 6.07) is 15.3. The Labute approximate surface area is 127 Å². The van der Waals surface area contributed by atoms with Crippen molar-refractivity contribution < 1.29 is 4.39 Å². The molecule has 0 atom stereocenters. The van der Waals surface area contributed by atoms with Crippen LogP contribution < -0.4 is 0 Å². The lowest BCUT2D eigenvalue weighted by atomic mass is 10.00. The van der Waals surface area contributed by atoms with Crippen LogP contribution >= 0.6 is 0 Å². The summed E-state index contributed by atoms with van der Waals surface area (Å²) in [7, 11) is 0. The minimum Gasteiger partial charge on any atom is -0.281 e. The molecule has 2 heterocycles. The molecule has 0 spiro atoms. The molecule has 1 aliphatic heterocycles. The topological polar surface area (TPSA) is 43.1 Å². The molecule has 2 aromatic carbocycles. The van der Waals surface area contributed by atoms with Crippen molar-refractivity contribution in [3.63, 3.8) is 0 Å². The molecule has 22 heavy (non-hydrogen) atoms. The van der Waals surface area contributed by atoms with Crippen molar-refractivity contribution in [3.05, 3.63) is 77.1 Å². The van der Waals surface area contributed by atoms with Gasteiger partial charge in [-0.1, -0.05) is 18.2 Å². The van der Waals surface area contributed by atoms with Crippen molar-refractivity contribution in [2.75, 3.05) is 0 Å². The maximum absolute atomic E-state index is 14.2. The number of nitrogens with zero attached hydrogens (tertiary/aromatic N) is 4. The lowest BCUT2D eigenvalue weighted by Crippen LogP contribution is -2.09. The largest absolute Gasteiger partial charge is 0.281 e. The van der Waals surface area contributed by atoms with Crippen molar-refractivity contribution >= 4 is 5.71 Å². The molecule has 5 heteroatoms. The summed E-state index contributed by atoms with van der Waals surface area (Å²) in [6.07, 6.45) is 0. The number of hydrogen-bond donors (Lipinski definition) is 0. The summed E-state index contributed by atoms with van der Waals surface area (Å²) in [5, 5.41) is 8.28. The van der Waals surface area contributed by atoms with Gasteiger partial charge in [-0.3, -0.25) is 9.56 Å². The average molecular weight is 291 g/mol. The van der Waals surface area contributed by atoms with Gasteiger partial charge in [0.05, 0.1) is 11.4 Å². The third-order valence-corrected chi connectivity index (χ3v) is 3.74. The fourth-order valence-electron chi connectivity index (χ4n) is 2.75. The summed E-state index contributed by atoms with van der Waals surface area (Å²) in [5.41, 5.74) is 2.83. The van der Waals surface area contributed by atoms with Gasteiger partial charge in [0.2, 0.25) is 0 Å². The van der Waals surface area contributed by atoms with Crippen molar-refractivity contribution in [1.29, 1.82) is 0 Å². The van der Waals surface area contributed by atoms with E-state index in [9.17, 15) is 4.39 Å². The molecule has 0 fully saturated rings. The van der Waals surface area contributed by atoms with Crippen LogP contribution in [0.1, 0.15) is 22.8 Å². The fraction of sp³-hybridized carbons (Fsp3) is 0.118. The van der Waals surface area contributed by atoms with E-state index in [0.29, 0.717) is 17.8 Å². The monoisotopic (exact) mass is 291 g/mol. The Balaban J connectivity index is 2.01. The maximum Gasteiger partial charge on any atom is 0.159 e. The van der Waals surface area contributed by atoms with Gasteiger partial charge in [0.1, 0.15) is 18.2 Å². The normalized spacial score (nSPS) is 13.1. The summed E-state index contributed by atoms with van der Waals surface area (Å²) in [6.45, 7) is 2.25. The fourth-order valence-corrected chi connectivity index (χ4v) is 2.75. The first-order chi connectivity index (χ1) is 10.8. The summed E-state index contributed by atoms with van der Waals surface area (Å²) in [4.78, 5) is 4.58. The minimum absolute atomic E-state index is 0.287. The lowest BCUT2D eigenvalue weighted by Gasteiger charge is -2.12. The zero-order valence-corrected chi connectivity index (χ0v) is 11.9. The molecule has 1 aromatic heterocycles. The van der Waals surface area contributed by atoms with E-state index in [-0.39, 0.29) is 5.82 Å². The van der Waals surface area contributed by atoms with Gasteiger partial charge in [-0.2, -0.15) is 0 Å². The number of rotatable bonds is 1. The highest BCUT2D eigenvalue weighted by molar-refractivity contribution is 6.15. The summed E-state index contributed by atoms with van der Waals surface area (Å²) in [5.74, 6) is 1.24. The molecule has 0 saturated carbocycles. The predicted molar refractivity (Wildman–Crippen MR) is 80.7 cm³/mol. The van der Waals surface area contributed by atoms with Crippen LogP contribution in [0.15, 0.2) is 47.5 Å². The van der Waals surface area contributed by atoms with Gasteiger partial charge in [-0.15, -0.1) is 10.2 Å². The van der Waals surface area contributed by atoms with Gasteiger partial charge in [-0.05, 0) is 37.3 Å². The van der Waals surface area contributed by atoms with Crippen LogP contribution in [0, 0.1) is 18.8 Å². The van der Waals surface area contributed by atoms with Crippen molar-refractivity contribution in [2.45, 2.75) is 13.5 Å². The average Bonchev–Trinajstić information content (AvgIpc) is 2.82. The van der Waals surface area contributed by atoms with Crippen LogP contribution in [0.25, 0.3) is 5.69 Å². The molecule has 0 aliphatic carbocycles. The highest BCUT2D eigenvalue weighted by Crippen LogP contribution is 2.26. The van der Waals surface area contributed by atoms with Gasteiger partial charge in [0.15, 0.2) is 5.82 Å². The van der Waals surface area contributed by atoms with E-state index >= 15 is 0 Å². The molecule has 1 aliphatic rings. The van der Waals surface area contributed by atoms with Crippen LogP contribution in [-0.4, -0.2) is 20.5 Å². The Morgan fingerprint density at radius 1 is 1.14 bits per heavy atom. The number of aryl methyl sites for hydroxylation is 1. The van der Waals surface area contributed by atoms with Crippen LogP contribution in [0.3, 0.4) is 0 Å². The van der Waals surface area contributed by atoms with Gasteiger partial charge in [-0.25, -0.2) is 4.39 Å². The number of fused-ring (bicyclic) bond motifs is 3. The molecular formula is C17H12FN4. The van der Waals surface area contributed by atoms with E-state index in [2.05, 4.69) is 21.3 Å². The van der Waals surface area contributed by atoms with Gasteiger partial charge in [0, 0.05) is 11.1 Å². The number of benzene rings is 2. The summed E-state index contributed by atoms with van der Waals surface area (Å²) >= 11 is 0. The van der Waals surface area contributed by atoms with Crippen LogP contribution in [0.5, 0.6) is 0 Å². The predicted octanol–water partition coefficient (Wildman–Crippen LogP) is 2.87. The number of aliphatic imine (C=N–C) groups is 1. The Kier molecular flexibility index (Phi) is 2.85. The molecule has 0 amide bonds. The molecule has 3 aromatic rings. The second-order valence-electron chi connectivity index (χ2n) is 5.09. The van der Waals surface area contributed by atoms with Gasteiger partial charge in [0.25, 0.3) is 0 Å². The van der Waals surface area contributed by atoms with E-state index in [1.165, 1.54) is 6.07 Å². The smallest absolute Gasteiger partial charge is 0.159 e. The molecule has 0 unspecified atom stereocenters. The van der Waals surface area contributed by atoms with Crippen molar-refractivity contribution in [3.8, 4) is 5.69 Å². The first-order valence-corrected chi connectivity index (χ1v) is 6.97. The molecule has 0 bridgehead atoms. The molecule has 1 radical (unpaired) electrons. The summed E-state index contributed by atoms with van der Waals surface area (Å²) < 4.78 is 16.2. The van der Waals surface area contributed by atoms with Crippen molar-refractivity contribution in [2.24, 2.45) is 4.99 Å². The third-order valence-electron chi connectivity index (χ3n) is 3.74. The Bertz CT molecular complexity index is 895. The van der Waals surface area contributed by atoms with Crippen molar-refractivity contribution in [1.82, 2.24) is 14.8 Å². The zero-order valence-electron chi connectivity index (χ0n) is 11.9. The molecule has 0 saturated heterocycles. The molecular weight excluding hydrogens is 279 g/mol.